The first-order valence-electron chi connectivity index (χ1n) is 11.9. The summed E-state index contributed by atoms with van der Waals surface area (Å²) in [5, 5.41) is 8.59. The van der Waals surface area contributed by atoms with Gasteiger partial charge in [-0.2, -0.15) is 5.10 Å². The number of pyridine rings is 1. The van der Waals surface area contributed by atoms with Crippen molar-refractivity contribution in [3.05, 3.63) is 41.6 Å². The number of methoxy groups -OCH3 is 1. The van der Waals surface area contributed by atoms with E-state index in [0.29, 0.717) is 34.4 Å². The van der Waals surface area contributed by atoms with Crippen LogP contribution in [0.5, 0.6) is 5.75 Å². The molecule has 8 nitrogen and oxygen atoms in total. The average Bonchev–Trinajstić information content (AvgIpc) is 3.37. The molecule has 1 aromatic carbocycles. The first-order chi connectivity index (χ1) is 16.3. The number of benzene rings is 1. The SMILES string of the molecule is COc1ccc(-c2cc(C(=O)NC3CCCCC3)c3c(C)nn([C@@H]4CCS(=O)(=O)C4)c3n2)cc1. The normalized spacial score (nSPS) is 20.5. The van der Waals surface area contributed by atoms with Crippen LogP contribution in [0.25, 0.3) is 22.3 Å². The van der Waals surface area contributed by atoms with Crippen LogP contribution in [0.3, 0.4) is 0 Å². The summed E-state index contributed by atoms with van der Waals surface area (Å²) >= 11 is 0. The van der Waals surface area contributed by atoms with E-state index < -0.39 is 9.84 Å². The van der Waals surface area contributed by atoms with Crippen LogP contribution in [0.2, 0.25) is 0 Å². The van der Waals surface area contributed by atoms with E-state index in [4.69, 9.17) is 9.72 Å². The van der Waals surface area contributed by atoms with E-state index in [9.17, 15) is 13.2 Å². The van der Waals surface area contributed by atoms with Gasteiger partial charge in [-0.1, -0.05) is 19.3 Å². The highest BCUT2D eigenvalue weighted by atomic mass is 32.2. The molecule has 180 valence electrons. The predicted molar refractivity (Wildman–Crippen MR) is 131 cm³/mol. The number of nitrogens with zero attached hydrogens (tertiary/aromatic N) is 3. The van der Waals surface area contributed by atoms with E-state index in [1.165, 1.54) is 6.42 Å². The third-order valence-electron chi connectivity index (χ3n) is 6.96. The van der Waals surface area contributed by atoms with Crippen LogP contribution in [-0.2, 0) is 9.84 Å². The zero-order valence-corrected chi connectivity index (χ0v) is 20.4. The Morgan fingerprint density at radius 1 is 1.12 bits per heavy atom. The summed E-state index contributed by atoms with van der Waals surface area (Å²) in [4.78, 5) is 18.4. The fourth-order valence-electron chi connectivity index (χ4n) is 5.13. The Morgan fingerprint density at radius 3 is 2.50 bits per heavy atom. The van der Waals surface area contributed by atoms with Crippen molar-refractivity contribution in [2.45, 2.75) is 57.5 Å². The van der Waals surface area contributed by atoms with Crippen LogP contribution >= 0.6 is 0 Å². The first-order valence-corrected chi connectivity index (χ1v) is 13.7. The molecule has 0 radical (unpaired) electrons. The van der Waals surface area contributed by atoms with Gasteiger partial charge in [-0.05, 0) is 56.5 Å². The largest absolute Gasteiger partial charge is 0.497 e. The highest BCUT2D eigenvalue weighted by Crippen LogP contribution is 2.32. The average molecular weight is 483 g/mol. The molecule has 1 saturated heterocycles. The number of hydrogen-bond donors (Lipinski definition) is 1. The number of nitrogens with one attached hydrogen (secondary N) is 1. The van der Waals surface area contributed by atoms with Crippen LogP contribution in [0.1, 0.15) is 60.6 Å². The topological polar surface area (TPSA) is 103 Å². The van der Waals surface area contributed by atoms with E-state index in [1.807, 2.05) is 37.3 Å². The molecule has 34 heavy (non-hydrogen) atoms. The van der Waals surface area contributed by atoms with Crippen molar-refractivity contribution in [1.29, 1.82) is 0 Å². The third-order valence-corrected chi connectivity index (χ3v) is 8.71. The number of fused-ring (bicyclic) bond motifs is 1. The maximum Gasteiger partial charge on any atom is 0.252 e. The summed E-state index contributed by atoms with van der Waals surface area (Å²) in [6, 6.07) is 9.24. The maximum atomic E-state index is 13.5. The minimum Gasteiger partial charge on any atom is -0.497 e. The molecule has 0 spiro atoms. The molecule has 1 saturated carbocycles. The summed E-state index contributed by atoms with van der Waals surface area (Å²) in [7, 11) is -1.49. The van der Waals surface area contributed by atoms with Gasteiger partial charge in [0.05, 0.1) is 47.0 Å². The molecule has 1 N–H and O–H groups in total. The van der Waals surface area contributed by atoms with E-state index in [-0.39, 0.29) is 29.5 Å². The van der Waals surface area contributed by atoms with Crippen molar-refractivity contribution in [3.8, 4) is 17.0 Å². The van der Waals surface area contributed by atoms with Gasteiger partial charge in [0.2, 0.25) is 0 Å². The Kier molecular flexibility index (Phi) is 6.06. The van der Waals surface area contributed by atoms with Crippen molar-refractivity contribution in [1.82, 2.24) is 20.1 Å². The molecule has 2 fully saturated rings. The number of aromatic nitrogens is 3. The zero-order chi connectivity index (χ0) is 23.9. The van der Waals surface area contributed by atoms with Gasteiger partial charge in [0.1, 0.15) is 5.75 Å². The Hall–Kier alpha value is -2.94. The number of rotatable bonds is 5. The number of amides is 1. The van der Waals surface area contributed by atoms with Crippen LogP contribution in [0, 0.1) is 6.92 Å². The van der Waals surface area contributed by atoms with E-state index >= 15 is 0 Å². The van der Waals surface area contributed by atoms with Gasteiger partial charge >= 0.3 is 0 Å². The van der Waals surface area contributed by atoms with E-state index in [2.05, 4.69) is 10.4 Å². The summed E-state index contributed by atoms with van der Waals surface area (Å²) in [5.74, 6) is 0.792. The Balaban J connectivity index is 1.63. The number of ether oxygens (including phenoxy) is 1. The van der Waals surface area contributed by atoms with Gasteiger partial charge in [0, 0.05) is 11.6 Å². The van der Waals surface area contributed by atoms with Crippen LogP contribution in [-0.4, -0.2) is 53.7 Å². The highest BCUT2D eigenvalue weighted by Gasteiger charge is 2.32. The molecule has 3 aromatic rings. The lowest BCUT2D eigenvalue weighted by molar-refractivity contribution is 0.0929. The molecule has 0 bridgehead atoms. The van der Waals surface area contributed by atoms with Gasteiger partial charge < -0.3 is 10.1 Å². The molecule has 0 unspecified atom stereocenters. The monoisotopic (exact) mass is 482 g/mol. The van der Waals surface area contributed by atoms with Crippen molar-refractivity contribution < 1.29 is 17.9 Å². The van der Waals surface area contributed by atoms with Crippen LogP contribution < -0.4 is 10.1 Å². The predicted octanol–water partition coefficient (Wildman–Crippen LogP) is 3.84. The Bertz CT molecular complexity index is 1330. The fourth-order valence-corrected chi connectivity index (χ4v) is 6.83. The zero-order valence-electron chi connectivity index (χ0n) is 19.6. The fraction of sp³-hybridized carbons (Fsp3) is 0.480. The molecule has 3 heterocycles. The van der Waals surface area contributed by atoms with E-state index in [1.54, 1.807) is 11.8 Å². The molecule has 2 aromatic heterocycles. The standard InChI is InChI=1S/C25H30N4O4S/c1-16-23-21(25(30)26-18-6-4-3-5-7-18)14-22(17-8-10-20(33-2)11-9-17)27-24(23)29(28-16)19-12-13-34(31,32)15-19/h8-11,14,18-19H,3-7,12-13,15H2,1-2H3,(H,26,30)/t19-/m1/s1. The van der Waals surface area contributed by atoms with Gasteiger partial charge in [0.25, 0.3) is 5.91 Å². The van der Waals surface area contributed by atoms with Gasteiger partial charge in [-0.25, -0.2) is 18.1 Å². The molecule has 5 rings (SSSR count). The second-order valence-electron chi connectivity index (χ2n) is 9.38. The smallest absolute Gasteiger partial charge is 0.252 e. The summed E-state index contributed by atoms with van der Waals surface area (Å²) in [6.07, 6.45) is 5.94. The van der Waals surface area contributed by atoms with Crippen LogP contribution in [0.4, 0.5) is 0 Å². The molecular formula is C25H30N4O4S. The lowest BCUT2D eigenvalue weighted by atomic mass is 9.95. The Morgan fingerprint density at radius 2 is 1.85 bits per heavy atom. The number of hydrogen-bond acceptors (Lipinski definition) is 6. The highest BCUT2D eigenvalue weighted by molar-refractivity contribution is 7.91. The van der Waals surface area contributed by atoms with Crippen molar-refractivity contribution >= 4 is 26.8 Å². The van der Waals surface area contributed by atoms with Crippen LogP contribution in [0.15, 0.2) is 30.3 Å². The molecule has 1 amide bonds. The minimum atomic E-state index is -3.10. The van der Waals surface area contributed by atoms with Crippen molar-refractivity contribution in [2.75, 3.05) is 18.6 Å². The third kappa shape index (κ3) is 4.41. The summed E-state index contributed by atoms with van der Waals surface area (Å²) in [5.41, 5.74) is 3.26. The lowest BCUT2D eigenvalue weighted by Gasteiger charge is -2.23. The molecular weight excluding hydrogens is 452 g/mol. The van der Waals surface area contributed by atoms with E-state index in [0.717, 1.165) is 37.0 Å². The molecule has 9 heteroatoms. The molecule has 1 aliphatic heterocycles. The maximum absolute atomic E-state index is 13.5. The first kappa shape index (κ1) is 22.8. The lowest BCUT2D eigenvalue weighted by Crippen LogP contribution is -2.36. The second kappa shape index (κ2) is 9.02. The molecule has 1 aliphatic carbocycles. The molecule has 1 atom stereocenters. The number of carbonyl (C=O) groups excluding carboxylic acids is 1. The van der Waals surface area contributed by atoms with Gasteiger partial charge in [-0.3, -0.25) is 4.79 Å². The summed E-state index contributed by atoms with van der Waals surface area (Å²) < 4.78 is 31.3. The van der Waals surface area contributed by atoms with Gasteiger partial charge in [-0.15, -0.1) is 0 Å². The second-order valence-corrected chi connectivity index (χ2v) is 11.6. The van der Waals surface area contributed by atoms with Crippen molar-refractivity contribution in [3.63, 3.8) is 0 Å². The number of carbonyl (C=O) groups is 1. The molecule has 2 aliphatic rings. The summed E-state index contributed by atoms with van der Waals surface area (Å²) in [6.45, 7) is 1.86. The number of sulfone groups is 1. The minimum absolute atomic E-state index is 0.0429. The van der Waals surface area contributed by atoms with Gasteiger partial charge in [0.15, 0.2) is 15.5 Å². The quantitative estimate of drug-likeness (QED) is 0.593. The number of aryl methyl sites for hydroxylation is 1. The Labute approximate surface area is 199 Å². The van der Waals surface area contributed by atoms with Crippen molar-refractivity contribution in [2.24, 2.45) is 0 Å².